The molecule has 1 amide bonds. The van der Waals surface area contributed by atoms with Gasteiger partial charge in [0.1, 0.15) is 5.56 Å². The van der Waals surface area contributed by atoms with E-state index in [1.807, 2.05) is 0 Å². The van der Waals surface area contributed by atoms with Crippen LogP contribution in [0.2, 0.25) is 0 Å². The highest BCUT2D eigenvalue weighted by atomic mass is 32.1. The predicted molar refractivity (Wildman–Crippen MR) is 81.6 cm³/mol. The molecule has 2 heterocycles. The molecule has 21 heavy (non-hydrogen) atoms. The fourth-order valence-electron chi connectivity index (χ4n) is 2.91. The third-order valence-corrected chi connectivity index (χ3v) is 4.89. The lowest BCUT2D eigenvalue weighted by atomic mass is 9.84. The molecule has 2 atom stereocenters. The summed E-state index contributed by atoms with van der Waals surface area (Å²) >= 11 is 1.37. The second kappa shape index (κ2) is 5.95. The minimum atomic E-state index is -0.349. The molecule has 7 heteroatoms. The van der Waals surface area contributed by atoms with E-state index < -0.39 is 0 Å². The monoisotopic (exact) mass is 306 g/mol. The Hall–Kier alpha value is -1.73. The molecule has 3 rings (SSSR count). The normalized spacial score (nSPS) is 22.3. The van der Waals surface area contributed by atoms with Gasteiger partial charge in [-0.15, -0.1) is 11.3 Å². The summed E-state index contributed by atoms with van der Waals surface area (Å²) in [6.45, 7) is 0.561. The zero-order chi connectivity index (χ0) is 14.8. The molecule has 1 fully saturated rings. The first-order chi connectivity index (χ1) is 10.2. The first kappa shape index (κ1) is 14.2. The van der Waals surface area contributed by atoms with Crippen molar-refractivity contribution in [2.75, 3.05) is 6.54 Å². The zero-order valence-electron chi connectivity index (χ0n) is 11.6. The highest BCUT2D eigenvalue weighted by Crippen LogP contribution is 2.23. The molecule has 0 aliphatic heterocycles. The molecule has 1 aliphatic carbocycles. The smallest absolute Gasteiger partial charge is 0.271 e. The number of carbonyl (C=O) groups is 1. The Labute approximate surface area is 126 Å². The third-order valence-electron chi connectivity index (χ3n) is 4.12. The second-order valence-corrected chi connectivity index (χ2v) is 6.27. The Morgan fingerprint density at radius 1 is 1.48 bits per heavy atom. The molecule has 2 unspecified atom stereocenters. The fourth-order valence-corrected chi connectivity index (χ4v) is 3.58. The predicted octanol–water partition coefficient (Wildman–Crippen LogP) is 1.00. The maximum atomic E-state index is 12.4. The van der Waals surface area contributed by atoms with E-state index in [4.69, 9.17) is 5.73 Å². The lowest BCUT2D eigenvalue weighted by molar-refractivity contribution is 0.0906. The molecule has 3 N–H and O–H groups in total. The van der Waals surface area contributed by atoms with E-state index in [9.17, 15) is 9.59 Å². The Bertz CT molecular complexity index is 708. The van der Waals surface area contributed by atoms with E-state index in [-0.39, 0.29) is 23.1 Å². The number of nitrogens with zero attached hydrogens (tertiary/aromatic N) is 2. The van der Waals surface area contributed by atoms with Crippen molar-refractivity contribution in [3.8, 4) is 0 Å². The number of nitrogens with one attached hydrogen (secondary N) is 1. The van der Waals surface area contributed by atoms with E-state index in [0.29, 0.717) is 17.4 Å². The minimum Gasteiger partial charge on any atom is -0.349 e. The molecule has 2 aromatic heterocycles. The van der Waals surface area contributed by atoms with Gasteiger partial charge in [0.25, 0.3) is 11.5 Å². The van der Waals surface area contributed by atoms with Gasteiger partial charge in [0, 0.05) is 23.8 Å². The van der Waals surface area contributed by atoms with E-state index in [1.54, 1.807) is 11.6 Å². The van der Waals surface area contributed by atoms with Crippen molar-refractivity contribution in [1.82, 2.24) is 14.7 Å². The second-order valence-electron chi connectivity index (χ2n) is 5.39. The molecule has 6 nitrogen and oxygen atoms in total. The van der Waals surface area contributed by atoms with Crippen molar-refractivity contribution < 1.29 is 4.79 Å². The SMILES string of the molecule is NCC1CCCCC1NC(=O)c1cnc2sccn2c1=O. The van der Waals surface area contributed by atoms with Gasteiger partial charge in [-0.25, -0.2) is 4.98 Å². The molecule has 1 saturated carbocycles. The highest BCUT2D eigenvalue weighted by molar-refractivity contribution is 7.15. The van der Waals surface area contributed by atoms with Crippen molar-refractivity contribution in [3.63, 3.8) is 0 Å². The van der Waals surface area contributed by atoms with E-state index in [1.165, 1.54) is 21.9 Å². The van der Waals surface area contributed by atoms with Crippen LogP contribution in [-0.2, 0) is 0 Å². The number of aromatic nitrogens is 2. The quantitative estimate of drug-likeness (QED) is 0.885. The zero-order valence-corrected chi connectivity index (χ0v) is 12.4. The van der Waals surface area contributed by atoms with Crippen LogP contribution in [0.25, 0.3) is 4.96 Å². The minimum absolute atomic E-state index is 0.0545. The molecule has 0 radical (unpaired) electrons. The number of hydrogen-bond donors (Lipinski definition) is 2. The van der Waals surface area contributed by atoms with Crippen molar-refractivity contribution in [3.05, 3.63) is 33.7 Å². The molecule has 112 valence electrons. The third kappa shape index (κ3) is 2.71. The maximum absolute atomic E-state index is 12.4. The summed E-state index contributed by atoms with van der Waals surface area (Å²) in [5, 5.41) is 4.74. The largest absolute Gasteiger partial charge is 0.349 e. The number of amides is 1. The molecule has 2 aromatic rings. The molecule has 0 saturated heterocycles. The van der Waals surface area contributed by atoms with Crippen LogP contribution in [0.3, 0.4) is 0 Å². The molecule has 0 bridgehead atoms. The first-order valence-corrected chi connectivity index (χ1v) is 8.04. The molecule has 0 spiro atoms. The summed E-state index contributed by atoms with van der Waals surface area (Å²) in [5.74, 6) is -0.0539. The summed E-state index contributed by atoms with van der Waals surface area (Å²) in [6, 6.07) is 0.0545. The van der Waals surface area contributed by atoms with Crippen molar-refractivity contribution in [2.24, 2.45) is 11.7 Å². The van der Waals surface area contributed by atoms with Crippen LogP contribution in [0.5, 0.6) is 0 Å². The van der Waals surface area contributed by atoms with E-state index in [2.05, 4.69) is 10.3 Å². The van der Waals surface area contributed by atoms with Crippen LogP contribution in [0.4, 0.5) is 0 Å². The fraction of sp³-hybridized carbons (Fsp3) is 0.500. The lowest BCUT2D eigenvalue weighted by Crippen LogP contribution is -2.46. The van der Waals surface area contributed by atoms with Gasteiger partial charge >= 0.3 is 0 Å². The van der Waals surface area contributed by atoms with Gasteiger partial charge in [-0.2, -0.15) is 0 Å². The summed E-state index contributed by atoms with van der Waals surface area (Å²) in [5.41, 5.74) is 5.54. The molecule has 1 aliphatic rings. The number of carbonyl (C=O) groups excluding carboxylic acids is 1. The molecule has 0 aromatic carbocycles. The molecular weight excluding hydrogens is 288 g/mol. The summed E-state index contributed by atoms with van der Waals surface area (Å²) in [6.07, 6.45) is 7.19. The van der Waals surface area contributed by atoms with Crippen molar-refractivity contribution in [2.45, 2.75) is 31.7 Å². The van der Waals surface area contributed by atoms with E-state index in [0.717, 1.165) is 25.7 Å². The Morgan fingerprint density at radius 3 is 3.10 bits per heavy atom. The van der Waals surface area contributed by atoms with Crippen LogP contribution in [0.15, 0.2) is 22.6 Å². The topological polar surface area (TPSA) is 89.5 Å². The Balaban J connectivity index is 1.83. The van der Waals surface area contributed by atoms with Gasteiger partial charge in [0.05, 0.1) is 0 Å². The van der Waals surface area contributed by atoms with Gasteiger partial charge in [0.15, 0.2) is 4.96 Å². The van der Waals surface area contributed by atoms with Crippen LogP contribution < -0.4 is 16.6 Å². The summed E-state index contributed by atoms with van der Waals surface area (Å²) < 4.78 is 1.40. The summed E-state index contributed by atoms with van der Waals surface area (Å²) in [4.78, 5) is 29.4. The Kier molecular flexibility index (Phi) is 4.03. The maximum Gasteiger partial charge on any atom is 0.271 e. The standard InChI is InChI=1S/C14H18N4O2S/c15-7-9-3-1-2-4-11(9)17-12(19)10-8-16-14-18(13(10)20)5-6-21-14/h5-6,8-9,11H,1-4,7,15H2,(H,17,19). The summed E-state index contributed by atoms with van der Waals surface area (Å²) in [7, 11) is 0. The number of rotatable bonds is 3. The van der Waals surface area contributed by atoms with Crippen molar-refractivity contribution in [1.29, 1.82) is 0 Å². The number of hydrogen-bond acceptors (Lipinski definition) is 5. The van der Waals surface area contributed by atoms with Crippen LogP contribution in [-0.4, -0.2) is 27.9 Å². The highest BCUT2D eigenvalue weighted by Gasteiger charge is 2.26. The van der Waals surface area contributed by atoms with Gasteiger partial charge < -0.3 is 11.1 Å². The van der Waals surface area contributed by atoms with Crippen molar-refractivity contribution >= 4 is 22.2 Å². The number of fused-ring (bicyclic) bond motifs is 1. The van der Waals surface area contributed by atoms with Gasteiger partial charge in [-0.3, -0.25) is 14.0 Å². The first-order valence-electron chi connectivity index (χ1n) is 7.16. The van der Waals surface area contributed by atoms with Gasteiger partial charge in [0.2, 0.25) is 0 Å². The average Bonchev–Trinajstić information content (AvgIpc) is 2.97. The Morgan fingerprint density at radius 2 is 2.29 bits per heavy atom. The lowest BCUT2D eigenvalue weighted by Gasteiger charge is -2.31. The number of thiazole rings is 1. The van der Waals surface area contributed by atoms with Gasteiger partial charge in [-0.05, 0) is 25.3 Å². The molecular formula is C14H18N4O2S. The van der Waals surface area contributed by atoms with E-state index >= 15 is 0 Å². The van der Waals surface area contributed by atoms with Crippen LogP contribution >= 0.6 is 11.3 Å². The average molecular weight is 306 g/mol. The van der Waals surface area contributed by atoms with Crippen LogP contribution in [0.1, 0.15) is 36.0 Å². The van der Waals surface area contributed by atoms with Gasteiger partial charge in [-0.1, -0.05) is 12.8 Å². The van der Waals surface area contributed by atoms with Crippen LogP contribution in [0, 0.1) is 5.92 Å². The number of nitrogens with two attached hydrogens (primary N) is 1.